The number of para-hydroxylation sites is 1. The lowest BCUT2D eigenvalue weighted by Crippen LogP contribution is -2.99. The number of likely N-dealkylation sites (tertiary alicyclic amines) is 1. The van der Waals surface area contributed by atoms with E-state index in [-0.39, 0.29) is 23.8 Å². The van der Waals surface area contributed by atoms with Crippen LogP contribution in [-0.2, 0) is 19.9 Å². The van der Waals surface area contributed by atoms with Gasteiger partial charge in [0, 0.05) is 17.5 Å². The molecule has 0 aliphatic carbocycles. The minimum Gasteiger partial charge on any atom is -0.326 e. The maximum Gasteiger partial charge on any atom is 0.291 e. The van der Waals surface area contributed by atoms with Gasteiger partial charge in [-0.05, 0) is 44.9 Å². The summed E-state index contributed by atoms with van der Waals surface area (Å²) in [5.41, 5.74) is -0.496. The molecule has 3 amide bonds. The highest BCUT2D eigenvalue weighted by Crippen LogP contribution is 2.51. The molecule has 1 aromatic carbocycles. The summed E-state index contributed by atoms with van der Waals surface area (Å²) in [6, 6.07) is 5.24. The number of benzene rings is 1. The molecule has 0 radical (unpaired) electrons. The molecule has 6 nitrogen and oxygen atoms in total. The van der Waals surface area contributed by atoms with Crippen LogP contribution in [0.2, 0.25) is 5.02 Å². The highest BCUT2D eigenvalue weighted by atomic mass is 35.5. The van der Waals surface area contributed by atoms with Gasteiger partial charge >= 0.3 is 0 Å². The summed E-state index contributed by atoms with van der Waals surface area (Å²) < 4.78 is 0. The van der Waals surface area contributed by atoms with Gasteiger partial charge in [-0.25, -0.2) is 0 Å². The van der Waals surface area contributed by atoms with Gasteiger partial charge in [0.25, 0.3) is 5.91 Å². The van der Waals surface area contributed by atoms with E-state index in [4.69, 9.17) is 11.6 Å². The van der Waals surface area contributed by atoms with Crippen LogP contribution in [0.1, 0.15) is 32.8 Å². The van der Waals surface area contributed by atoms with Gasteiger partial charge in [0.15, 0.2) is 0 Å². The molecule has 1 aromatic rings. The van der Waals surface area contributed by atoms with Gasteiger partial charge in [0.05, 0.1) is 10.7 Å². The van der Waals surface area contributed by atoms with Gasteiger partial charge < -0.3 is 10.6 Å². The molecule has 3 N–H and O–H groups in total. The largest absolute Gasteiger partial charge is 0.326 e. The third-order valence-electron chi connectivity index (χ3n) is 6.18. The number of fused-ring (bicyclic) bond motifs is 4. The van der Waals surface area contributed by atoms with E-state index in [1.165, 1.54) is 4.90 Å². The third-order valence-corrected chi connectivity index (χ3v) is 7.14. The van der Waals surface area contributed by atoms with Crippen molar-refractivity contribution in [2.24, 2.45) is 11.8 Å². The van der Waals surface area contributed by atoms with E-state index in [9.17, 15) is 14.4 Å². The molecule has 0 bridgehead atoms. The standard InChI is InChI=1S/C20H24ClN3O3S/c1-19(2,3)24-16(25)13-12(8-9-28-4)23-20(14(13)17(24)26)10-6-5-7-11(21)15(10)22-18(20)27/h5-7,12-14,23H,8-9H2,1-4H3,(H,22,27)/p+1/t12-,13+,14-,20-/m0/s1. The number of carbonyl (C=O) groups is 3. The van der Waals surface area contributed by atoms with Crippen LogP contribution in [-0.4, -0.2) is 46.2 Å². The number of hydrogen-bond acceptors (Lipinski definition) is 4. The van der Waals surface area contributed by atoms with Crippen LogP contribution in [0.4, 0.5) is 5.69 Å². The van der Waals surface area contributed by atoms with Gasteiger partial charge in [0.1, 0.15) is 17.9 Å². The van der Waals surface area contributed by atoms with Crippen molar-refractivity contribution in [3.63, 3.8) is 0 Å². The highest BCUT2D eigenvalue weighted by Gasteiger charge is 2.74. The normalized spacial score (nSPS) is 31.5. The summed E-state index contributed by atoms with van der Waals surface area (Å²) in [7, 11) is 0. The molecular formula is C20H25ClN3O3S+. The average Bonchev–Trinajstić information content (AvgIpc) is 3.19. The maximum atomic E-state index is 13.5. The Morgan fingerprint density at radius 1 is 1.25 bits per heavy atom. The van der Waals surface area contributed by atoms with Crippen molar-refractivity contribution in [1.29, 1.82) is 0 Å². The van der Waals surface area contributed by atoms with E-state index in [1.54, 1.807) is 23.9 Å². The zero-order valence-electron chi connectivity index (χ0n) is 16.4. The molecule has 2 saturated heterocycles. The van der Waals surface area contributed by atoms with Crippen molar-refractivity contribution in [2.75, 3.05) is 17.3 Å². The zero-order valence-corrected chi connectivity index (χ0v) is 18.0. The number of hydrogen-bond donors (Lipinski definition) is 2. The summed E-state index contributed by atoms with van der Waals surface area (Å²) in [6.45, 7) is 5.57. The van der Waals surface area contributed by atoms with Crippen molar-refractivity contribution in [2.45, 2.75) is 44.3 Å². The summed E-state index contributed by atoms with van der Waals surface area (Å²) in [4.78, 5) is 41.6. The van der Waals surface area contributed by atoms with Gasteiger partial charge in [-0.1, -0.05) is 17.7 Å². The molecule has 0 unspecified atom stereocenters. The Bertz CT molecular complexity index is 884. The predicted octanol–water partition coefficient (Wildman–Crippen LogP) is 1.59. The van der Waals surface area contributed by atoms with Crippen molar-refractivity contribution in [1.82, 2.24) is 4.90 Å². The minimum atomic E-state index is -1.14. The molecule has 3 heterocycles. The molecule has 8 heteroatoms. The summed E-state index contributed by atoms with van der Waals surface area (Å²) in [5.74, 6) is -1.03. The molecule has 4 rings (SSSR count). The number of nitrogens with zero attached hydrogens (tertiary/aromatic N) is 1. The fourth-order valence-electron chi connectivity index (χ4n) is 5.13. The lowest BCUT2D eigenvalue weighted by atomic mass is 9.76. The van der Waals surface area contributed by atoms with Crippen LogP contribution in [0.3, 0.4) is 0 Å². The van der Waals surface area contributed by atoms with Crippen molar-refractivity contribution >= 4 is 46.8 Å². The Kier molecular flexibility index (Phi) is 4.56. The number of nitrogens with two attached hydrogens (primary N) is 1. The van der Waals surface area contributed by atoms with Gasteiger partial charge in [-0.3, -0.25) is 19.3 Å². The molecular weight excluding hydrogens is 398 g/mol. The number of amides is 3. The molecule has 150 valence electrons. The van der Waals surface area contributed by atoms with Crippen molar-refractivity contribution in [3.05, 3.63) is 28.8 Å². The second-order valence-electron chi connectivity index (χ2n) is 8.78. The predicted molar refractivity (Wildman–Crippen MR) is 109 cm³/mol. The van der Waals surface area contributed by atoms with Gasteiger partial charge in [-0.2, -0.15) is 11.8 Å². The smallest absolute Gasteiger partial charge is 0.291 e. The summed E-state index contributed by atoms with van der Waals surface area (Å²) >= 11 is 8.03. The Labute approximate surface area is 173 Å². The zero-order chi connectivity index (χ0) is 20.4. The van der Waals surface area contributed by atoms with Crippen molar-refractivity contribution < 1.29 is 19.7 Å². The van der Waals surface area contributed by atoms with Gasteiger partial charge in [0.2, 0.25) is 17.4 Å². The lowest BCUT2D eigenvalue weighted by Gasteiger charge is -2.33. The van der Waals surface area contributed by atoms with Crippen LogP contribution in [0, 0.1) is 11.8 Å². The molecule has 28 heavy (non-hydrogen) atoms. The Balaban J connectivity index is 1.89. The second kappa shape index (κ2) is 6.47. The van der Waals surface area contributed by atoms with E-state index in [0.717, 1.165) is 12.2 Å². The lowest BCUT2D eigenvalue weighted by molar-refractivity contribution is -0.733. The molecule has 3 aliphatic heterocycles. The maximum absolute atomic E-state index is 13.5. The van der Waals surface area contributed by atoms with Crippen LogP contribution in [0.15, 0.2) is 18.2 Å². The first-order valence-corrected chi connectivity index (χ1v) is 11.2. The van der Waals surface area contributed by atoms with Crippen LogP contribution >= 0.6 is 23.4 Å². The van der Waals surface area contributed by atoms with E-state index < -0.39 is 22.9 Å². The fourth-order valence-corrected chi connectivity index (χ4v) is 5.86. The SMILES string of the molecule is CSCC[C@@H]1[NH2+][C@]2(C(=O)Nc3c(Cl)cccc32)[C@@H]2C(=O)N(C(C)(C)C)C(=O)[C@H]12. The van der Waals surface area contributed by atoms with Crippen molar-refractivity contribution in [3.8, 4) is 0 Å². The number of halogens is 1. The number of carbonyl (C=O) groups excluding carboxylic acids is 3. The van der Waals surface area contributed by atoms with Crippen LogP contribution in [0.5, 0.6) is 0 Å². The first-order chi connectivity index (χ1) is 13.1. The highest BCUT2D eigenvalue weighted by molar-refractivity contribution is 7.98. The summed E-state index contributed by atoms with van der Waals surface area (Å²) in [5, 5.41) is 5.30. The first-order valence-electron chi connectivity index (χ1n) is 9.48. The molecule has 0 aromatic heterocycles. The topological polar surface area (TPSA) is 83.1 Å². The number of anilines is 1. The van der Waals surface area contributed by atoms with E-state index in [0.29, 0.717) is 16.3 Å². The molecule has 2 fully saturated rings. The Hall–Kier alpha value is -1.57. The quantitative estimate of drug-likeness (QED) is 0.724. The molecule has 3 aliphatic rings. The third kappa shape index (κ3) is 2.49. The van der Waals surface area contributed by atoms with E-state index >= 15 is 0 Å². The van der Waals surface area contributed by atoms with Crippen LogP contribution in [0.25, 0.3) is 0 Å². The average molecular weight is 423 g/mol. The number of quaternary nitrogens is 1. The number of rotatable bonds is 3. The summed E-state index contributed by atoms with van der Waals surface area (Å²) in [6.07, 6.45) is 2.77. The van der Waals surface area contributed by atoms with E-state index in [2.05, 4.69) is 5.32 Å². The minimum absolute atomic E-state index is 0.128. The number of nitrogens with one attached hydrogen (secondary N) is 1. The van der Waals surface area contributed by atoms with E-state index in [1.807, 2.05) is 38.4 Å². The monoisotopic (exact) mass is 422 g/mol. The Morgan fingerprint density at radius 3 is 2.61 bits per heavy atom. The molecule has 0 saturated carbocycles. The second-order valence-corrected chi connectivity index (χ2v) is 10.2. The molecule has 4 atom stereocenters. The Morgan fingerprint density at radius 2 is 1.96 bits per heavy atom. The number of imide groups is 1. The first kappa shape index (κ1) is 19.7. The molecule has 1 spiro atoms. The number of thioether (sulfide) groups is 1. The van der Waals surface area contributed by atoms with Crippen LogP contribution < -0.4 is 10.6 Å². The fraction of sp³-hybridized carbons (Fsp3) is 0.550. The van der Waals surface area contributed by atoms with Gasteiger partial charge in [-0.15, -0.1) is 0 Å².